The number of likely N-dealkylation sites (tertiary alicyclic amines) is 1. The quantitative estimate of drug-likeness (QED) is 0.921. The van der Waals surface area contributed by atoms with Gasteiger partial charge in [0.25, 0.3) is 0 Å². The van der Waals surface area contributed by atoms with Crippen LogP contribution in [0.3, 0.4) is 0 Å². The fraction of sp³-hybridized carbons (Fsp3) is 0.533. The van der Waals surface area contributed by atoms with Gasteiger partial charge in [-0.1, -0.05) is 12.1 Å². The molecular formula is C15H19F2N3O2. The molecule has 0 atom stereocenters. The highest BCUT2D eigenvalue weighted by Gasteiger charge is 2.23. The van der Waals surface area contributed by atoms with Crippen molar-refractivity contribution >= 4 is 11.0 Å². The number of nitrogens with zero attached hydrogens (tertiary/aromatic N) is 2. The fourth-order valence-corrected chi connectivity index (χ4v) is 3.11. The molecule has 2 heterocycles. The number of ether oxygens (including phenoxy) is 1. The predicted octanol–water partition coefficient (Wildman–Crippen LogP) is 2.21. The van der Waals surface area contributed by atoms with Gasteiger partial charge in [0.05, 0.1) is 17.6 Å². The van der Waals surface area contributed by atoms with Gasteiger partial charge in [0.1, 0.15) is 0 Å². The highest BCUT2D eigenvalue weighted by atomic mass is 19.3. The summed E-state index contributed by atoms with van der Waals surface area (Å²) in [5, 5.41) is 0. The first-order valence-corrected chi connectivity index (χ1v) is 7.46. The number of aromatic nitrogens is 2. The van der Waals surface area contributed by atoms with Crippen molar-refractivity contribution < 1.29 is 13.5 Å². The summed E-state index contributed by atoms with van der Waals surface area (Å²) in [6.07, 6.45) is 1.66. The Morgan fingerprint density at radius 1 is 1.27 bits per heavy atom. The number of H-pyrrole nitrogens is 1. The van der Waals surface area contributed by atoms with Crippen LogP contribution in [0.2, 0.25) is 0 Å². The van der Waals surface area contributed by atoms with Crippen molar-refractivity contribution in [1.29, 1.82) is 0 Å². The van der Waals surface area contributed by atoms with E-state index in [2.05, 4.69) is 14.6 Å². The third kappa shape index (κ3) is 3.20. The van der Waals surface area contributed by atoms with Gasteiger partial charge in [-0.2, -0.15) is 8.78 Å². The van der Waals surface area contributed by atoms with Crippen molar-refractivity contribution in [3.05, 3.63) is 34.7 Å². The number of nitrogens with one attached hydrogen (secondary N) is 1. The zero-order valence-electron chi connectivity index (χ0n) is 12.2. The molecule has 3 rings (SSSR count). The predicted molar refractivity (Wildman–Crippen MR) is 79.2 cm³/mol. The van der Waals surface area contributed by atoms with E-state index in [1.54, 1.807) is 0 Å². The van der Waals surface area contributed by atoms with Crippen LogP contribution < -0.4 is 5.69 Å². The third-order valence-electron chi connectivity index (χ3n) is 4.20. The largest absolute Gasteiger partial charge is 0.345 e. The molecule has 120 valence electrons. The van der Waals surface area contributed by atoms with Gasteiger partial charge in [-0.15, -0.1) is 0 Å². The molecule has 7 heteroatoms. The highest BCUT2D eigenvalue weighted by Crippen LogP contribution is 2.24. The van der Waals surface area contributed by atoms with Gasteiger partial charge >= 0.3 is 12.3 Å². The normalized spacial score (nSPS) is 17.6. The van der Waals surface area contributed by atoms with Gasteiger partial charge in [0.2, 0.25) is 0 Å². The van der Waals surface area contributed by atoms with Crippen LogP contribution in [0.1, 0.15) is 18.9 Å². The molecule has 2 aromatic rings. The molecule has 0 unspecified atom stereocenters. The number of para-hydroxylation sites is 2. The average Bonchev–Trinajstić information content (AvgIpc) is 2.83. The number of aromatic amines is 1. The Morgan fingerprint density at radius 2 is 2.00 bits per heavy atom. The number of hydrogen-bond acceptors (Lipinski definition) is 3. The Morgan fingerprint density at radius 3 is 2.73 bits per heavy atom. The van der Waals surface area contributed by atoms with Crippen molar-refractivity contribution in [3.8, 4) is 0 Å². The maximum absolute atomic E-state index is 12.2. The van der Waals surface area contributed by atoms with Crippen LogP contribution in [0.5, 0.6) is 0 Å². The Bertz CT molecular complexity index is 675. The first-order valence-electron chi connectivity index (χ1n) is 7.46. The summed E-state index contributed by atoms with van der Waals surface area (Å²) >= 11 is 0. The van der Waals surface area contributed by atoms with E-state index in [1.807, 2.05) is 28.8 Å². The first-order chi connectivity index (χ1) is 10.6. The standard InChI is InChI=1S/C15H19F2N3O2/c16-14(17)22-10-9-19-7-5-11(6-8-19)20-13-4-2-1-3-12(13)18-15(20)21/h1-4,11,14H,5-10H2,(H,18,21). The van der Waals surface area contributed by atoms with Crippen LogP contribution in [0.4, 0.5) is 8.78 Å². The zero-order valence-corrected chi connectivity index (χ0v) is 12.2. The maximum atomic E-state index is 12.2. The summed E-state index contributed by atoms with van der Waals surface area (Å²) in [6.45, 7) is -0.607. The minimum Gasteiger partial charge on any atom is -0.322 e. The molecule has 0 saturated carbocycles. The summed E-state index contributed by atoms with van der Waals surface area (Å²) in [5.74, 6) is 0. The van der Waals surface area contributed by atoms with E-state index in [0.717, 1.165) is 37.0 Å². The molecule has 0 amide bonds. The number of rotatable bonds is 5. The minimum absolute atomic E-state index is 0.0371. The van der Waals surface area contributed by atoms with E-state index in [4.69, 9.17) is 0 Å². The Hall–Kier alpha value is -1.73. The monoisotopic (exact) mass is 311 g/mol. The maximum Gasteiger partial charge on any atom is 0.345 e. The topological polar surface area (TPSA) is 50.3 Å². The molecule has 1 aliphatic heterocycles. The van der Waals surface area contributed by atoms with Gasteiger partial charge < -0.3 is 14.6 Å². The molecule has 0 aliphatic carbocycles. The lowest BCUT2D eigenvalue weighted by atomic mass is 10.0. The molecule has 1 aromatic heterocycles. The van der Waals surface area contributed by atoms with E-state index >= 15 is 0 Å². The average molecular weight is 311 g/mol. The lowest BCUT2D eigenvalue weighted by Crippen LogP contribution is -2.38. The van der Waals surface area contributed by atoms with Crippen molar-refractivity contribution in [2.24, 2.45) is 0 Å². The first kappa shape index (κ1) is 15.2. The molecule has 0 bridgehead atoms. The molecule has 1 saturated heterocycles. The van der Waals surface area contributed by atoms with Crippen LogP contribution in [-0.4, -0.2) is 47.3 Å². The molecular weight excluding hydrogens is 292 g/mol. The number of imidazole rings is 1. The van der Waals surface area contributed by atoms with E-state index in [0.29, 0.717) is 6.54 Å². The second-order valence-electron chi connectivity index (χ2n) is 5.52. The molecule has 1 fully saturated rings. The number of piperidine rings is 1. The third-order valence-corrected chi connectivity index (χ3v) is 4.20. The van der Waals surface area contributed by atoms with E-state index in [-0.39, 0.29) is 18.3 Å². The molecule has 5 nitrogen and oxygen atoms in total. The van der Waals surface area contributed by atoms with E-state index in [9.17, 15) is 13.6 Å². The molecule has 22 heavy (non-hydrogen) atoms. The number of halogens is 2. The van der Waals surface area contributed by atoms with Crippen molar-refractivity contribution in [2.75, 3.05) is 26.2 Å². The number of fused-ring (bicyclic) bond motifs is 1. The number of alkyl halides is 2. The van der Waals surface area contributed by atoms with E-state index < -0.39 is 6.61 Å². The van der Waals surface area contributed by atoms with Crippen molar-refractivity contribution in [1.82, 2.24) is 14.5 Å². The summed E-state index contributed by atoms with van der Waals surface area (Å²) in [4.78, 5) is 17.1. The summed E-state index contributed by atoms with van der Waals surface area (Å²) in [5.41, 5.74) is 1.69. The van der Waals surface area contributed by atoms with Gasteiger partial charge in [0, 0.05) is 25.7 Å². The van der Waals surface area contributed by atoms with Gasteiger partial charge in [-0.05, 0) is 25.0 Å². The summed E-state index contributed by atoms with van der Waals surface area (Å²) < 4.78 is 30.0. The van der Waals surface area contributed by atoms with Crippen molar-refractivity contribution in [3.63, 3.8) is 0 Å². The SMILES string of the molecule is O=c1[nH]c2ccccc2n1C1CCN(CCOC(F)F)CC1. The van der Waals surface area contributed by atoms with Crippen molar-refractivity contribution in [2.45, 2.75) is 25.5 Å². The fourth-order valence-electron chi connectivity index (χ4n) is 3.11. The lowest BCUT2D eigenvalue weighted by molar-refractivity contribution is -0.132. The van der Waals surface area contributed by atoms with Crippen LogP contribution in [0, 0.1) is 0 Å². The highest BCUT2D eigenvalue weighted by molar-refractivity contribution is 5.75. The van der Waals surface area contributed by atoms with Crippen LogP contribution in [0.25, 0.3) is 11.0 Å². The smallest absolute Gasteiger partial charge is 0.322 e. The second kappa shape index (κ2) is 6.58. The molecule has 1 aromatic carbocycles. The number of hydrogen-bond donors (Lipinski definition) is 1. The molecule has 1 N–H and O–H groups in total. The summed E-state index contributed by atoms with van der Waals surface area (Å²) in [6, 6.07) is 7.80. The number of benzene rings is 1. The zero-order chi connectivity index (χ0) is 15.5. The molecule has 0 spiro atoms. The Balaban J connectivity index is 1.63. The lowest BCUT2D eigenvalue weighted by Gasteiger charge is -2.32. The molecule has 0 radical (unpaired) electrons. The summed E-state index contributed by atoms with van der Waals surface area (Å²) in [7, 11) is 0. The van der Waals surface area contributed by atoms with Gasteiger partial charge in [0.15, 0.2) is 0 Å². The minimum atomic E-state index is -2.71. The molecule has 1 aliphatic rings. The van der Waals surface area contributed by atoms with Crippen LogP contribution >= 0.6 is 0 Å². The van der Waals surface area contributed by atoms with E-state index in [1.165, 1.54) is 0 Å². The second-order valence-corrected chi connectivity index (χ2v) is 5.52. The van der Waals surface area contributed by atoms with Crippen LogP contribution in [-0.2, 0) is 4.74 Å². The van der Waals surface area contributed by atoms with Gasteiger partial charge in [-0.25, -0.2) is 4.79 Å². The van der Waals surface area contributed by atoms with Crippen LogP contribution in [0.15, 0.2) is 29.1 Å². The van der Waals surface area contributed by atoms with Gasteiger partial charge in [-0.3, -0.25) is 4.57 Å². The Labute approximate surface area is 126 Å². The Kier molecular flexibility index (Phi) is 4.54.